The highest BCUT2D eigenvalue weighted by molar-refractivity contribution is 6.27. The highest BCUT2D eigenvalue weighted by Crippen LogP contribution is 2.25. The van der Waals surface area contributed by atoms with Crippen LogP contribution in [0.4, 0.5) is 0 Å². The summed E-state index contributed by atoms with van der Waals surface area (Å²) >= 11 is 0. The molecule has 0 radical (unpaired) electrons. The standard InChI is InChI=1S/C28H41N3O2.2C2H2O4/c1-24-8-5-17-31(23-24)19-7-20-32-27-11-9-25(10-12-27)26-13-14-29-28(22-26)33-21-6-18-30-15-3-2-4-16-30;2*3-1(4)2(5)6/h9-14,22,24H,2-8,15-21,23H2,1H3;2*(H,3,4)(H,5,6)/t24-;;/m0../s1. The average molecular weight is 632 g/mol. The van der Waals surface area contributed by atoms with Crippen molar-refractivity contribution in [2.24, 2.45) is 5.92 Å². The fourth-order valence-electron chi connectivity index (χ4n) is 5.03. The molecule has 2 fully saturated rings. The molecule has 248 valence electrons. The number of benzene rings is 1. The minimum absolute atomic E-state index is 0.707. The van der Waals surface area contributed by atoms with Crippen LogP contribution in [0.5, 0.6) is 11.6 Å². The maximum absolute atomic E-state index is 9.10. The third-order valence-electron chi connectivity index (χ3n) is 7.23. The number of likely N-dealkylation sites (tertiary alicyclic amines) is 2. The van der Waals surface area contributed by atoms with E-state index in [9.17, 15) is 0 Å². The van der Waals surface area contributed by atoms with Crippen LogP contribution >= 0.6 is 0 Å². The second-order valence-electron chi connectivity index (χ2n) is 11.0. The third-order valence-corrected chi connectivity index (χ3v) is 7.23. The molecular weight excluding hydrogens is 586 g/mol. The Labute approximate surface area is 263 Å². The lowest BCUT2D eigenvalue weighted by Gasteiger charge is -2.30. The van der Waals surface area contributed by atoms with Crippen molar-refractivity contribution in [2.75, 3.05) is 52.5 Å². The summed E-state index contributed by atoms with van der Waals surface area (Å²) < 4.78 is 11.9. The SMILES string of the molecule is C[C@H]1CCCN(CCCOc2ccc(-c3ccnc(OCCCN4CCCCC4)c3)cc2)C1.O=C(O)C(=O)O.O=C(O)C(=O)O. The molecule has 1 aromatic heterocycles. The Kier molecular flexibility index (Phi) is 17.0. The first-order valence-corrected chi connectivity index (χ1v) is 15.2. The molecule has 13 nitrogen and oxygen atoms in total. The van der Waals surface area contributed by atoms with Gasteiger partial charge in [-0.1, -0.05) is 25.5 Å². The molecule has 0 amide bonds. The summed E-state index contributed by atoms with van der Waals surface area (Å²) in [6.45, 7) is 11.1. The zero-order valence-electron chi connectivity index (χ0n) is 25.8. The maximum Gasteiger partial charge on any atom is 0.414 e. The number of carboxylic acid groups (broad SMARTS) is 4. The lowest BCUT2D eigenvalue weighted by Crippen LogP contribution is -2.35. The number of aliphatic carboxylic acids is 4. The van der Waals surface area contributed by atoms with Gasteiger partial charge in [-0.15, -0.1) is 0 Å². The summed E-state index contributed by atoms with van der Waals surface area (Å²) in [4.78, 5) is 45.9. The second-order valence-corrected chi connectivity index (χ2v) is 11.0. The number of ether oxygens (including phenoxy) is 2. The lowest BCUT2D eigenvalue weighted by atomic mass is 10.0. The van der Waals surface area contributed by atoms with Gasteiger partial charge in [0.05, 0.1) is 13.2 Å². The van der Waals surface area contributed by atoms with Crippen molar-refractivity contribution in [3.05, 3.63) is 42.6 Å². The van der Waals surface area contributed by atoms with Crippen molar-refractivity contribution in [1.82, 2.24) is 14.8 Å². The number of piperidine rings is 2. The monoisotopic (exact) mass is 631 g/mol. The minimum Gasteiger partial charge on any atom is -0.494 e. The second kappa shape index (κ2) is 20.7. The number of hydrogen-bond donors (Lipinski definition) is 4. The molecule has 4 N–H and O–H groups in total. The molecule has 0 saturated carbocycles. The molecular formula is C32H45N3O10. The lowest BCUT2D eigenvalue weighted by molar-refractivity contribution is -0.159. The third kappa shape index (κ3) is 15.9. The maximum atomic E-state index is 9.10. The molecule has 2 aliphatic rings. The number of nitrogens with zero attached hydrogens (tertiary/aromatic N) is 3. The summed E-state index contributed by atoms with van der Waals surface area (Å²) in [6, 6.07) is 12.5. The normalized spacial score (nSPS) is 16.6. The molecule has 1 atom stereocenters. The van der Waals surface area contributed by atoms with Gasteiger partial charge in [-0.2, -0.15) is 0 Å². The van der Waals surface area contributed by atoms with Gasteiger partial charge in [0, 0.05) is 31.9 Å². The molecule has 45 heavy (non-hydrogen) atoms. The van der Waals surface area contributed by atoms with E-state index >= 15 is 0 Å². The molecule has 2 aromatic rings. The van der Waals surface area contributed by atoms with Crippen LogP contribution in [0.25, 0.3) is 11.1 Å². The highest BCUT2D eigenvalue weighted by atomic mass is 16.5. The first kappa shape index (κ1) is 37.0. The number of aromatic nitrogens is 1. The van der Waals surface area contributed by atoms with E-state index in [4.69, 9.17) is 49.1 Å². The first-order chi connectivity index (χ1) is 21.5. The smallest absolute Gasteiger partial charge is 0.414 e. The van der Waals surface area contributed by atoms with E-state index in [1.165, 1.54) is 58.3 Å². The van der Waals surface area contributed by atoms with Gasteiger partial charge in [-0.25, -0.2) is 24.2 Å². The summed E-state index contributed by atoms with van der Waals surface area (Å²) in [5, 5.41) is 29.6. The molecule has 1 aromatic carbocycles. The number of carboxylic acids is 4. The van der Waals surface area contributed by atoms with Gasteiger partial charge in [0.2, 0.25) is 5.88 Å². The van der Waals surface area contributed by atoms with E-state index in [1.807, 2.05) is 18.3 Å². The van der Waals surface area contributed by atoms with Crippen molar-refractivity contribution in [1.29, 1.82) is 0 Å². The first-order valence-electron chi connectivity index (χ1n) is 15.2. The molecule has 0 aliphatic carbocycles. The van der Waals surface area contributed by atoms with Crippen LogP contribution in [0.2, 0.25) is 0 Å². The van der Waals surface area contributed by atoms with E-state index in [2.05, 4.69) is 46.0 Å². The molecule has 0 bridgehead atoms. The van der Waals surface area contributed by atoms with Crippen molar-refractivity contribution in [3.8, 4) is 22.8 Å². The fraction of sp³-hybridized carbons (Fsp3) is 0.531. The summed E-state index contributed by atoms with van der Waals surface area (Å²) in [5.74, 6) is -4.81. The molecule has 2 aliphatic heterocycles. The van der Waals surface area contributed by atoms with Gasteiger partial charge < -0.3 is 39.7 Å². The van der Waals surface area contributed by atoms with Crippen molar-refractivity contribution in [3.63, 3.8) is 0 Å². The predicted octanol–water partition coefficient (Wildman–Crippen LogP) is 3.82. The Bertz CT molecular complexity index is 1150. The zero-order valence-corrected chi connectivity index (χ0v) is 25.8. The minimum atomic E-state index is -1.82. The van der Waals surface area contributed by atoms with Crippen molar-refractivity contribution in [2.45, 2.75) is 51.9 Å². The Balaban J connectivity index is 0.000000499. The molecule has 13 heteroatoms. The predicted molar refractivity (Wildman–Crippen MR) is 166 cm³/mol. The van der Waals surface area contributed by atoms with E-state index in [-0.39, 0.29) is 0 Å². The summed E-state index contributed by atoms with van der Waals surface area (Å²) in [5.41, 5.74) is 2.28. The number of rotatable bonds is 11. The van der Waals surface area contributed by atoms with Crippen LogP contribution in [0.1, 0.15) is 51.9 Å². The Hall–Kier alpha value is -4.23. The largest absolute Gasteiger partial charge is 0.494 e. The molecule has 0 spiro atoms. The molecule has 3 heterocycles. The number of hydrogen-bond acceptors (Lipinski definition) is 9. The van der Waals surface area contributed by atoms with Crippen LogP contribution in [0.3, 0.4) is 0 Å². The van der Waals surface area contributed by atoms with Crippen LogP contribution in [-0.2, 0) is 19.2 Å². The zero-order chi connectivity index (χ0) is 33.0. The Morgan fingerprint density at radius 1 is 0.733 bits per heavy atom. The van der Waals surface area contributed by atoms with Gasteiger partial charge in [0.1, 0.15) is 5.75 Å². The molecule has 2 saturated heterocycles. The Morgan fingerprint density at radius 2 is 1.29 bits per heavy atom. The Morgan fingerprint density at radius 3 is 1.87 bits per heavy atom. The number of pyridine rings is 1. The van der Waals surface area contributed by atoms with Crippen molar-refractivity contribution >= 4 is 23.9 Å². The van der Waals surface area contributed by atoms with Crippen LogP contribution < -0.4 is 9.47 Å². The topological polar surface area (TPSA) is 187 Å². The van der Waals surface area contributed by atoms with Gasteiger partial charge in [-0.3, -0.25) is 0 Å². The molecule has 4 rings (SSSR count). The van der Waals surface area contributed by atoms with E-state index in [0.29, 0.717) is 5.88 Å². The summed E-state index contributed by atoms with van der Waals surface area (Å²) in [7, 11) is 0. The van der Waals surface area contributed by atoms with Crippen LogP contribution in [0.15, 0.2) is 42.6 Å². The average Bonchev–Trinajstić information content (AvgIpc) is 3.03. The van der Waals surface area contributed by atoms with Crippen LogP contribution in [0, 0.1) is 5.92 Å². The van der Waals surface area contributed by atoms with Gasteiger partial charge >= 0.3 is 23.9 Å². The van der Waals surface area contributed by atoms with Gasteiger partial charge in [0.25, 0.3) is 0 Å². The van der Waals surface area contributed by atoms with Crippen molar-refractivity contribution < 1.29 is 49.1 Å². The fourth-order valence-corrected chi connectivity index (χ4v) is 5.03. The highest BCUT2D eigenvalue weighted by Gasteiger charge is 2.15. The van der Waals surface area contributed by atoms with E-state index in [0.717, 1.165) is 61.9 Å². The van der Waals surface area contributed by atoms with Gasteiger partial charge in [0.15, 0.2) is 0 Å². The van der Waals surface area contributed by atoms with Crippen LogP contribution in [-0.4, -0.2) is 112 Å². The number of carbonyl (C=O) groups is 4. The summed E-state index contributed by atoms with van der Waals surface area (Å²) in [6.07, 6.45) is 10.7. The quantitative estimate of drug-likeness (QED) is 0.207. The van der Waals surface area contributed by atoms with E-state index in [1.54, 1.807) is 0 Å². The van der Waals surface area contributed by atoms with Gasteiger partial charge in [-0.05, 0) is 93.4 Å². The van der Waals surface area contributed by atoms with E-state index < -0.39 is 23.9 Å². The molecule has 0 unspecified atom stereocenters.